The molecule has 0 unspecified atom stereocenters. The highest BCUT2D eigenvalue weighted by Crippen LogP contribution is 2.28. The van der Waals surface area contributed by atoms with Gasteiger partial charge in [0, 0.05) is 43.5 Å². The molecule has 0 saturated carbocycles. The summed E-state index contributed by atoms with van der Waals surface area (Å²) >= 11 is 0. The average Bonchev–Trinajstić information content (AvgIpc) is 3.14. The minimum atomic E-state index is 0.128. The third-order valence-corrected chi connectivity index (χ3v) is 5.04. The van der Waals surface area contributed by atoms with Crippen LogP contribution in [0.15, 0.2) is 43.2 Å². The maximum absolute atomic E-state index is 12.7. The minimum absolute atomic E-state index is 0.128. The van der Waals surface area contributed by atoms with Gasteiger partial charge in [-0.1, -0.05) is 38.1 Å². The lowest BCUT2D eigenvalue weighted by Gasteiger charge is -2.32. The van der Waals surface area contributed by atoms with Crippen LogP contribution in [0.3, 0.4) is 0 Å². The topological polar surface area (TPSA) is 38.1 Å². The van der Waals surface area contributed by atoms with E-state index < -0.39 is 0 Å². The lowest BCUT2D eigenvalue weighted by molar-refractivity contribution is 0.0710. The van der Waals surface area contributed by atoms with Gasteiger partial charge in [0.05, 0.1) is 0 Å². The fourth-order valence-electron chi connectivity index (χ4n) is 3.48. The molecule has 2 aromatic rings. The lowest BCUT2D eigenvalue weighted by Crippen LogP contribution is -2.38. The molecule has 0 radical (unpaired) electrons. The van der Waals surface area contributed by atoms with Crippen molar-refractivity contribution < 1.29 is 4.79 Å². The molecule has 1 aliphatic rings. The van der Waals surface area contributed by atoms with Gasteiger partial charge in [0.25, 0.3) is 5.91 Å². The minimum Gasteiger partial charge on any atom is -0.339 e. The lowest BCUT2D eigenvalue weighted by atomic mass is 9.95. The molecule has 25 heavy (non-hydrogen) atoms. The maximum atomic E-state index is 12.7. The van der Waals surface area contributed by atoms with Crippen LogP contribution in [-0.2, 0) is 6.54 Å². The normalized spacial score (nSPS) is 15.3. The zero-order chi connectivity index (χ0) is 17.6. The Morgan fingerprint density at radius 3 is 2.64 bits per heavy atom. The van der Waals surface area contributed by atoms with E-state index in [9.17, 15) is 4.79 Å². The summed E-state index contributed by atoms with van der Waals surface area (Å²) in [5.74, 6) is 1.78. The standard InChI is InChI=1S/C21H27N3O/c1-3-5-13-23-16-12-22-20(23)18-10-14-24(15-11-18)21(25)19-8-6-17(4-2)7-9-19/h4,6-9,12,16,18H,2-3,5,10-11,13-15H2,1H3. The van der Waals surface area contributed by atoms with Crippen LogP contribution < -0.4 is 0 Å². The Balaban J connectivity index is 1.60. The zero-order valence-electron chi connectivity index (χ0n) is 15.0. The third-order valence-electron chi connectivity index (χ3n) is 5.04. The van der Waals surface area contributed by atoms with Crippen LogP contribution in [-0.4, -0.2) is 33.4 Å². The summed E-state index contributed by atoms with van der Waals surface area (Å²) in [4.78, 5) is 19.2. The van der Waals surface area contributed by atoms with E-state index in [0.29, 0.717) is 5.92 Å². The van der Waals surface area contributed by atoms with Crippen LogP contribution in [0.25, 0.3) is 6.08 Å². The van der Waals surface area contributed by atoms with Crippen molar-refractivity contribution in [3.8, 4) is 0 Å². The molecule has 1 amide bonds. The molecule has 0 aliphatic carbocycles. The fraction of sp³-hybridized carbons (Fsp3) is 0.429. The third kappa shape index (κ3) is 4.01. The molecule has 4 heteroatoms. The van der Waals surface area contributed by atoms with Crippen LogP contribution in [0, 0.1) is 0 Å². The number of unbranched alkanes of at least 4 members (excludes halogenated alkanes) is 1. The molecule has 0 atom stereocenters. The summed E-state index contributed by atoms with van der Waals surface area (Å²) in [5.41, 5.74) is 1.79. The first kappa shape index (κ1) is 17.5. The Hall–Kier alpha value is -2.36. The van der Waals surface area contributed by atoms with E-state index >= 15 is 0 Å². The largest absolute Gasteiger partial charge is 0.339 e. The van der Waals surface area contributed by atoms with Crippen molar-refractivity contribution in [1.82, 2.24) is 14.5 Å². The van der Waals surface area contributed by atoms with Gasteiger partial charge in [-0.15, -0.1) is 0 Å². The number of hydrogen-bond acceptors (Lipinski definition) is 2. The van der Waals surface area contributed by atoms with E-state index in [0.717, 1.165) is 43.6 Å². The van der Waals surface area contributed by atoms with E-state index in [1.54, 1.807) is 6.08 Å². The van der Waals surface area contributed by atoms with Crippen molar-refractivity contribution in [1.29, 1.82) is 0 Å². The van der Waals surface area contributed by atoms with Gasteiger partial charge in [-0.25, -0.2) is 4.98 Å². The zero-order valence-corrected chi connectivity index (χ0v) is 15.0. The number of aryl methyl sites for hydroxylation is 1. The SMILES string of the molecule is C=Cc1ccc(C(=O)N2CCC(c3nccn3CCCC)CC2)cc1. The van der Waals surface area contributed by atoms with Gasteiger partial charge in [-0.2, -0.15) is 0 Å². The Kier molecular flexibility index (Phi) is 5.69. The Morgan fingerprint density at radius 2 is 2.00 bits per heavy atom. The number of benzene rings is 1. The molecule has 1 aromatic carbocycles. The van der Waals surface area contributed by atoms with Crippen LogP contribution in [0.5, 0.6) is 0 Å². The van der Waals surface area contributed by atoms with Crippen LogP contribution in [0.1, 0.15) is 60.3 Å². The van der Waals surface area contributed by atoms with Crippen molar-refractivity contribution in [2.75, 3.05) is 13.1 Å². The van der Waals surface area contributed by atoms with Gasteiger partial charge in [0.2, 0.25) is 0 Å². The Bertz CT molecular complexity index is 709. The molecular formula is C21H27N3O. The van der Waals surface area contributed by atoms with Crippen molar-refractivity contribution in [3.63, 3.8) is 0 Å². The highest BCUT2D eigenvalue weighted by atomic mass is 16.2. The van der Waals surface area contributed by atoms with Crippen molar-refractivity contribution in [3.05, 3.63) is 60.2 Å². The highest BCUT2D eigenvalue weighted by molar-refractivity contribution is 5.94. The first-order chi connectivity index (χ1) is 12.2. The first-order valence-electron chi connectivity index (χ1n) is 9.25. The summed E-state index contributed by atoms with van der Waals surface area (Å²) in [7, 11) is 0. The summed E-state index contributed by atoms with van der Waals surface area (Å²) < 4.78 is 2.29. The molecule has 0 N–H and O–H groups in total. The van der Waals surface area contributed by atoms with Gasteiger partial charge < -0.3 is 9.47 Å². The quantitative estimate of drug-likeness (QED) is 0.786. The maximum Gasteiger partial charge on any atom is 0.253 e. The summed E-state index contributed by atoms with van der Waals surface area (Å²) in [6, 6.07) is 7.67. The van der Waals surface area contributed by atoms with Crippen LogP contribution in [0.4, 0.5) is 0 Å². The van der Waals surface area contributed by atoms with Crippen LogP contribution >= 0.6 is 0 Å². The molecule has 1 aliphatic heterocycles. The van der Waals surface area contributed by atoms with Crippen molar-refractivity contribution in [2.45, 2.75) is 45.1 Å². The molecular weight excluding hydrogens is 310 g/mol. The van der Waals surface area contributed by atoms with Gasteiger partial charge in [0.15, 0.2) is 0 Å². The van der Waals surface area contributed by atoms with Crippen LogP contribution in [0.2, 0.25) is 0 Å². The van der Waals surface area contributed by atoms with Gasteiger partial charge in [-0.05, 0) is 37.0 Å². The smallest absolute Gasteiger partial charge is 0.253 e. The molecule has 1 fully saturated rings. The van der Waals surface area contributed by atoms with Gasteiger partial charge in [-0.3, -0.25) is 4.79 Å². The van der Waals surface area contributed by atoms with Crippen molar-refractivity contribution in [2.24, 2.45) is 0 Å². The monoisotopic (exact) mass is 337 g/mol. The van der Waals surface area contributed by atoms with E-state index in [-0.39, 0.29) is 5.91 Å². The molecule has 2 heterocycles. The number of amides is 1. The predicted octanol–water partition coefficient (Wildman–Crippen LogP) is 4.35. The van der Waals surface area contributed by atoms with Crippen molar-refractivity contribution >= 4 is 12.0 Å². The Morgan fingerprint density at radius 1 is 1.28 bits per heavy atom. The predicted molar refractivity (Wildman–Crippen MR) is 102 cm³/mol. The number of nitrogens with zero attached hydrogens (tertiary/aromatic N) is 3. The second kappa shape index (κ2) is 8.15. The second-order valence-electron chi connectivity index (χ2n) is 6.72. The Labute approximate surface area is 150 Å². The first-order valence-corrected chi connectivity index (χ1v) is 9.25. The molecule has 4 nitrogen and oxygen atoms in total. The molecule has 132 valence electrons. The molecule has 1 aromatic heterocycles. The molecule has 0 bridgehead atoms. The number of likely N-dealkylation sites (tertiary alicyclic amines) is 1. The summed E-state index contributed by atoms with van der Waals surface area (Å²) in [6.07, 6.45) is 10.1. The van der Waals surface area contributed by atoms with Gasteiger partial charge >= 0.3 is 0 Å². The fourth-order valence-corrected chi connectivity index (χ4v) is 3.48. The van der Waals surface area contributed by atoms with E-state index in [2.05, 4.69) is 29.3 Å². The number of piperidine rings is 1. The number of imidazole rings is 1. The molecule has 0 spiro atoms. The molecule has 3 rings (SSSR count). The number of hydrogen-bond donors (Lipinski definition) is 0. The average molecular weight is 337 g/mol. The second-order valence-corrected chi connectivity index (χ2v) is 6.72. The van der Waals surface area contributed by atoms with E-state index in [1.807, 2.05) is 35.4 Å². The van der Waals surface area contributed by atoms with Gasteiger partial charge in [0.1, 0.15) is 5.82 Å². The highest BCUT2D eigenvalue weighted by Gasteiger charge is 2.26. The number of rotatable bonds is 6. The number of carbonyl (C=O) groups excluding carboxylic acids is 1. The van der Waals surface area contributed by atoms with E-state index in [4.69, 9.17) is 0 Å². The molecule has 1 saturated heterocycles. The number of aromatic nitrogens is 2. The van der Waals surface area contributed by atoms with E-state index in [1.165, 1.54) is 18.7 Å². The summed E-state index contributed by atoms with van der Waals surface area (Å²) in [6.45, 7) is 8.60. The summed E-state index contributed by atoms with van der Waals surface area (Å²) in [5, 5.41) is 0. The number of carbonyl (C=O) groups is 1.